The van der Waals surface area contributed by atoms with Crippen LogP contribution in [0.3, 0.4) is 0 Å². The molecule has 3 rings (SSSR count). The Balaban J connectivity index is 1.72. The molecule has 2 aromatic rings. The molecule has 0 spiro atoms. The number of aromatic nitrogens is 2. The minimum absolute atomic E-state index is 0.0182. The van der Waals surface area contributed by atoms with Crippen molar-refractivity contribution in [2.75, 3.05) is 13.2 Å². The molecule has 1 fully saturated rings. The summed E-state index contributed by atoms with van der Waals surface area (Å²) < 4.78 is 7.32. The Morgan fingerprint density at radius 3 is 2.84 bits per heavy atom. The van der Waals surface area contributed by atoms with Gasteiger partial charge in [-0.3, -0.25) is 4.79 Å². The topological polar surface area (TPSA) is 56.2 Å². The molecule has 0 bridgehead atoms. The van der Waals surface area contributed by atoms with Gasteiger partial charge in [0.2, 0.25) is 5.91 Å². The number of amides is 1. The Labute approximate surface area is 157 Å². The first kappa shape index (κ1) is 18.2. The smallest absolute Gasteiger partial charge is 0.224 e. The summed E-state index contributed by atoms with van der Waals surface area (Å²) in [4.78, 5) is 12.3. The first-order chi connectivity index (χ1) is 12.0. The van der Waals surface area contributed by atoms with E-state index in [1.54, 1.807) is 16.8 Å². The van der Waals surface area contributed by atoms with Gasteiger partial charge in [0, 0.05) is 24.4 Å². The normalized spacial score (nSPS) is 17.0. The van der Waals surface area contributed by atoms with Crippen LogP contribution in [0, 0.1) is 13.8 Å². The molecular formula is C18H21Cl2N3O2. The number of ether oxygens (including phenoxy) is 1. The second kappa shape index (κ2) is 7.77. The molecule has 0 aliphatic carbocycles. The van der Waals surface area contributed by atoms with E-state index in [0.717, 1.165) is 42.1 Å². The largest absolute Gasteiger partial charge is 0.376 e. The SMILES string of the molecule is Cc1nn(-c2ccc(Cl)c(Cl)c2)c(C)c1CC(=O)NCC1CCCO1. The van der Waals surface area contributed by atoms with E-state index in [9.17, 15) is 4.79 Å². The average molecular weight is 382 g/mol. The van der Waals surface area contributed by atoms with E-state index in [-0.39, 0.29) is 12.0 Å². The van der Waals surface area contributed by atoms with Crippen molar-refractivity contribution in [3.8, 4) is 5.69 Å². The fourth-order valence-corrected chi connectivity index (χ4v) is 3.35. The summed E-state index contributed by atoms with van der Waals surface area (Å²) in [7, 11) is 0. The summed E-state index contributed by atoms with van der Waals surface area (Å²) in [6.45, 7) is 5.21. The lowest BCUT2D eigenvalue weighted by molar-refractivity contribution is -0.120. The molecule has 1 unspecified atom stereocenters. The summed E-state index contributed by atoms with van der Waals surface area (Å²) in [5, 5.41) is 8.48. The molecule has 1 aliphatic heterocycles. The quantitative estimate of drug-likeness (QED) is 0.859. The van der Waals surface area contributed by atoms with Crippen LogP contribution in [0.2, 0.25) is 10.0 Å². The molecule has 0 saturated carbocycles. The minimum atomic E-state index is -0.0182. The van der Waals surface area contributed by atoms with Crippen molar-refractivity contribution < 1.29 is 9.53 Å². The molecule has 7 heteroatoms. The molecule has 1 aromatic heterocycles. The van der Waals surface area contributed by atoms with E-state index in [2.05, 4.69) is 10.4 Å². The summed E-state index contributed by atoms with van der Waals surface area (Å²) >= 11 is 12.1. The molecule has 0 radical (unpaired) electrons. The van der Waals surface area contributed by atoms with Gasteiger partial charge in [-0.05, 0) is 44.9 Å². The van der Waals surface area contributed by atoms with Crippen molar-refractivity contribution in [1.82, 2.24) is 15.1 Å². The van der Waals surface area contributed by atoms with Gasteiger partial charge in [-0.2, -0.15) is 5.10 Å². The molecule has 1 saturated heterocycles. The maximum Gasteiger partial charge on any atom is 0.224 e. The molecular weight excluding hydrogens is 361 g/mol. The van der Waals surface area contributed by atoms with E-state index in [1.165, 1.54) is 0 Å². The van der Waals surface area contributed by atoms with Crippen LogP contribution in [0.15, 0.2) is 18.2 Å². The lowest BCUT2D eigenvalue weighted by Gasteiger charge is -2.11. The highest BCUT2D eigenvalue weighted by molar-refractivity contribution is 6.42. The van der Waals surface area contributed by atoms with E-state index in [0.29, 0.717) is 23.0 Å². The van der Waals surface area contributed by atoms with Gasteiger partial charge in [0.1, 0.15) is 0 Å². The van der Waals surface area contributed by atoms with Gasteiger partial charge in [-0.25, -0.2) is 4.68 Å². The Morgan fingerprint density at radius 2 is 2.16 bits per heavy atom. The summed E-state index contributed by atoms with van der Waals surface area (Å²) in [6.07, 6.45) is 2.51. The first-order valence-corrected chi connectivity index (χ1v) is 9.10. The van der Waals surface area contributed by atoms with E-state index in [1.807, 2.05) is 19.9 Å². The van der Waals surface area contributed by atoms with Crippen LogP contribution < -0.4 is 5.32 Å². The first-order valence-electron chi connectivity index (χ1n) is 8.34. The standard InChI is InChI=1S/C18H21Cl2N3O2/c1-11-15(9-18(24)21-10-14-4-3-7-25-14)12(2)23(22-11)13-5-6-16(19)17(20)8-13/h5-6,8,14H,3-4,7,9-10H2,1-2H3,(H,21,24). The molecule has 1 aromatic carbocycles. The molecule has 1 atom stereocenters. The zero-order valence-corrected chi connectivity index (χ0v) is 15.8. The zero-order valence-electron chi connectivity index (χ0n) is 14.3. The number of aryl methyl sites for hydroxylation is 1. The van der Waals surface area contributed by atoms with Crippen LogP contribution in [-0.2, 0) is 16.0 Å². The summed E-state index contributed by atoms with van der Waals surface area (Å²) in [5.74, 6) is -0.0182. The predicted octanol–water partition coefficient (Wildman–Crippen LogP) is 3.63. The average Bonchev–Trinajstić information content (AvgIpc) is 3.19. The minimum Gasteiger partial charge on any atom is -0.376 e. The number of rotatable bonds is 5. The molecule has 1 aliphatic rings. The number of nitrogens with one attached hydrogen (secondary N) is 1. The highest BCUT2D eigenvalue weighted by Crippen LogP contribution is 2.26. The van der Waals surface area contributed by atoms with Gasteiger partial charge in [-0.15, -0.1) is 0 Å². The molecule has 1 amide bonds. The molecule has 25 heavy (non-hydrogen) atoms. The van der Waals surface area contributed by atoms with Crippen molar-refractivity contribution in [3.63, 3.8) is 0 Å². The van der Waals surface area contributed by atoms with Crippen LogP contribution in [0.5, 0.6) is 0 Å². The van der Waals surface area contributed by atoms with Gasteiger partial charge < -0.3 is 10.1 Å². The molecule has 1 N–H and O–H groups in total. The number of hydrogen-bond donors (Lipinski definition) is 1. The number of carbonyl (C=O) groups is 1. The highest BCUT2D eigenvalue weighted by Gasteiger charge is 2.19. The second-order valence-corrected chi connectivity index (χ2v) is 7.09. The maximum atomic E-state index is 12.3. The number of halogens is 2. The second-order valence-electron chi connectivity index (χ2n) is 6.28. The Kier molecular flexibility index (Phi) is 5.67. The van der Waals surface area contributed by atoms with Gasteiger partial charge in [-0.1, -0.05) is 23.2 Å². The van der Waals surface area contributed by atoms with Crippen molar-refractivity contribution >= 4 is 29.1 Å². The van der Waals surface area contributed by atoms with E-state index >= 15 is 0 Å². The van der Waals surface area contributed by atoms with E-state index in [4.69, 9.17) is 27.9 Å². The zero-order chi connectivity index (χ0) is 18.0. The van der Waals surface area contributed by atoms with E-state index < -0.39 is 0 Å². The van der Waals surface area contributed by atoms with Gasteiger partial charge in [0.05, 0.1) is 34.0 Å². The third-order valence-electron chi connectivity index (χ3n) is 4.48. The number of benzene rings is 1. The van der Waals surface area contributed by atoms with Crippen molar-refractivity contribution in [2.45, 2.75) is 39.2 Å². The monoisotopic (exact) mass is 381 g/mol. The number of hydrogen-bond acceptors (Lipinski definition) is 3. The fourth-order valence-electron chi connectivity index (χ4n) is 3.06. The molecule has 2 heterocycles. The van der Waals surface area contributed by atoms with Crippen LogP contribution >= 0.6 is 23.2 Å². The molecule has 5 nitrogen and oxygen atoms in total. The summed E-state index contributed by atoms with van der Waals surface area (Å²) in [5.41, 5.74) is 3.50. The Bertz CT molecular complexity index is 783. The van der Waals surface area contributed by atoms with Crippen LogP contribution in [-0.4, -0.2) is 34.9 Å². The maximum absolute atomic E-state index is 12.3. The van der Waals surface area contributed by atoms with Crippen molar-refractivity contribution in [3.05, 3.63) is 45.2 Å². The fraction of sp³-hybridized carbons (Fsp3) is 0.444. The highest BCUT2D eigenvalue weighted by atomic mass is 35.5. The third-order valence-corrected chi connectivity index (χ3v) is 5.22. The van der Waals surface area contributed by atoms with Crippen LogP contribution in [0.4, 0.5) is 0 Å². The number of nitrogens with zero attached hydrogens (tertiary/aromatic N) is 2. The van der Waals surface area contributed by atoms with Gasteiger partial charge in [0.15, 0.2) is 0 Å². The number of carbonyl (C=O) groups excluding carboxylic acids is 1. The predicted molar refractivity (Wildman–Crippen MR) is 98.7 cm³/mol. The van der Waals surface area contributed by atoms with Crippen molar-refractivity contribution in [2.24, 2.45) is 0 Å². The Morgan fingerprint density at radius 1 is 1.36 bits per heavy atom. The van der Waals surface area contributed by atoms with Crippen molar-refractivity contribution in [1.29, 1.82) is 0 Å². The lowest BCUT2D eigenvalue weighted by atomic mass is 10.1. The Hall–Kier alpha value is -1.56. The van der Waals surface area contributed by atoms with Crippen LogP contribution in [0.1, 0.15) is 29.8 Å². The van der Waals surface area contributed by atoms with Gasteiger partial charge >= 0.3 is 0 Å². The summed E-state index contributed by atoms with van der Waals surface area (Å²) in [6, 6.07) is 5.36. The van der Waals surface area contributed by atoms with Gasteiger partial charge in [0.25, 0.3) is 0 Å². The third kappa shape index (κ3) is 4.17. The molecule has 134 valence electrons. The lowest BCUT2D eigenvalue weighted by Crippen LogP contribution is -2.33. The van der Waals surface area contributed by atoms with Crippen LogP contribution in [0.25, 0.3) is 5.69 Å².